The van der Waals surface area contributed by atoms with Crippen LogP contribution in [0.3, 0.4) is 0 Å². The minimum atomic E-state index is -0.425. The fraction of sp³-hybridized carbons (Fsp3) is 0. The molecule has 0 spiro atoms. The van der Waals surface area contributed by atoms with Crippen LogP contribution in [0.15, 0.2) is 62.6 Å². The first-order valence-corrected chi connectivity index (χ1v) is 8.50. The number of pyridine rings is 1. The van der Waals surface area contributed by atoms with Crippen LogP contribution >= 0.6 is 31.9 Å². The molecule has 1 aromatic heterocycles. The van der Waals surface area contributed by atoms with E-state index in [1.165, 1.54) is 6.21 Å². The summed E-state index contributed by atoms with van der Waals surface area (Å²) in [5.41, 5.74) is 3.87. The lowest BCUT2D eigenvalue weighted by atomic mass is 10.2. The van der Waals surface area contributed by atoms with Crippen LogP contribution in [0.2, 0.25) is 0 Å². The number of benzene rings is 2. The van der Waals surface area contributed by atoms with Crippen LogP contribution in [0, 0.1) is 0 Å². The Bertz CT molecular complexity index is 958. The number of aromatic nitrogens is 1. The Hall–Kier alpha value is -2.25. The number of aromatic hydroxyl groups is 1. The van der Waals surface area contributed by atoms with E-state index in [0.29, 0.717) is 10.0 Å². The Morgan fingerprint density at radius 3 is 2.79 bits per heavy atom. The van der Waals surface area contributed by atoms with Gasteiger partial charge in [-0.2, -0.15) is 5.10 Å². The number of para-hydroxylation sites is 1. The van der Waals surface area contributed by atoms with Gasteiger partial charge < -0.3 is 5.11 Å². The second kappa shape index (κ2) is 7.11. The van der Waals surface area contributed by atoms with Gasteiger partial charge in [-0.15, -0.1) is 0 Å². The van der Waals surface area contributed by atoms with Crippen molar-refractivity contribution >= 4 is 54.9 Å². The fourth-order valence-electron chi connectivity index (χ4n) is 2.09. The Morgan fingerprint density at radius 2 is 1.96 bits per heavy atom. The molecule has 0 aliphatic carbocycles. The lowest BCUT2D eigenvalue weighted by molar-refractivity contribution is 0.0950. The fourth-order valence-corrected chi connectivity index (χ4v) is 3.35. The number of phenolic OH excluding ortho intramolecular Hbond substituents is 1. The molecule has 1 heterocycles. The van der Waals surface area contributed by atoms with Crippen molar-refractivity contribution in [3.63, 3.8) is 0 Å². The van der Waals surface area contributed by atoms with Crippen molar-refractivity contribution in [2.75, 3.05) is 0 Å². The molecule has 2 aromatic carbocycles. The molecule has 24 heavy (non-hydrogen) atoms. The summed E-state index contributed by atoms with van der Waals surface area (Å²) in [6.45, 7) is 0. The number of amides is 1. The molecule has 1 amide bonds. The average molecular weight is 449 g/mol. The maximum atomic E-state index is 12.1. The highest BCUT2D eigenvalue weighted by molar-refractivity contribution is 9.11. The van der Waals surface area contributed by atoms with Gasteiger partial charge >= 0.3 is 0 Å². The van der Waals surface area contributed by atoms with E-state index in [9.17, 15) is 9.90 Å². The van der Waals surface area contributed by atoms with E-state index in [-0.39, 0.29) is 11.4 Å². The summed E-state index contributed by atoms with van der Waals surface area (Å²) in [6.07, 6.45) is 1.36. The van der Waals surface area contributed by atoms with Crippen LogP contribution in [-0.4, -0.2) is 22.2 Å². The van der Waals surface area contributed by atoms with Crippen LogP contribution in [0.5, 0.6) is 5.75 Å². The van der Waals surface area contributed by atoms with E-state index in [1.807, 2.05) is 30.3 Å². The minimum Gasteiger partial charge on any atom is -0.506 e. The zero-order valence-corrected chi connectivity index (χ0v) is 15.4. The molecule has 0 radical (unpaired) electrons. The second-order valence-corrected chi connectivity index (χ2v) is 6.68. The Kier molecular flexibility index (Phi) is 4.92. The predicted molar refractivity (Wildman–Crippen MR) is 100 cm³/mol. The summed E-state index contributed by atoms with van der Waals surface area (Å²) in [7, 11) is 0. The first-order valence-electron chi connectivity index (χ1n) is 6.92. The summed E-state index contributed by atoms with van der Waals surface area (Å²) in [4.78, 5) is 16.4. The predicted octanol–water partition coefficient (Wildman–Crippen LogP) is 4.23. The van der Waals surface area contributed by atoms with Crippen LogP contribution < -0.4 is 5.43 Å². The summed E-state index contributed by atoms with van der Waals surface area (Å²) >= 11 is 6.57. The van der Waals surface area contributed by atoms with E-state index < -0.39 is 5.91 Å². The molecular formula is C17H11Br2N3O2. The summed E-state index contributed by atoms with van der Waals surface area (Å²) in [6, 6.07) is 14.4. The lowest BCUT2D eigenvalue weighted by Crippen LogP contribution is -2.18. The summed E-state index contributed by atoms with van der Waals surface area (Å²) in [5, 5.41) is 14.8. The molecule has 0 saturated carbocycles. The van der Waals surface area contributed by atoms with Gasteiger partial charge in [-0.1, -0.05) is 40.2 Å². The van der Waals surface area contributed by atoms with Gasteiger partial charge in [0.15, 0.2) is 0 Å². The van der Waals surface area contributed by atoms with Gasteiger partial charge in [-0.05, 0) is 40.2 Å². The zero-order valence-electron chi connectivity index (χ0n) is 12.2. The third kappa shape index (κ3) is 3.63. The van der Waals surface area contributed by atoms with Crippen LogP contribution in [0.1, 0.15) is 16.1 Å². The van der Waals surface area contributed by atoms with E-state index in [4.69, 9.17) is 0 Å². The van der Waals surface area contributed by atoms with E-state index in [1.54, 1.807) is 18.2 Å². The maximum Gasteiger partial charge on any atom is 0.289 e. The molecule has 0 bridgehead atoms. The number of halogens is 2. The average Bonchev–Trinajstić information content (AvgIpc) is 2.58. The highest BCUT2D eigenvalue weighted by Gasteiger charge is 2.08. The smallest absolute Gasteiger partial charge is 0.289 e. The first kappa shape index (κ1) is 16.6. The van der Waals surface area contributed by atoms with Gasteiger partial charge in [0.05, 0.1) is 16.2 Å². The van der Waals surface area contributed by atoms with Crippen molar-refractivity contribution in [3.8, 4) is 5.75 Å². The minimum absolute atomic E-state index is 0.0417. The van der Waals surface area contributed by atoms with Gasteiger partial charge in [-0.25, -0.2) is 10.4 Å². The molecule has 0 unspecified atom stereocenters. The molecule has 0 fully saturated rings. The van der Waals surface area contributed by atoms with Crippen LogP contribution in [-0.2, 0) is 0 Å². The molecule has 7 heteroatoms. The first-order chi connectivity index (χ1) is 11.5. The zero-order chi connectivity index (χ0) is 17.1. The molecule has 120 valence electrons. The second-order valence-electron chi connectivity index (χ2n) is 4.91. The van der Waals surface area contributed by atoms with E-state index >= 15 is 0 Å². The maximum absolute atomic E-state index is 12.1. The quantitative estimate of drug-likeness (QED) is 0.465. The molecule has 5 nitrogen and oxygen atoms in total. The van der Waals surface area contributed by atoms with Crippen molar-refractivity contribution in [2.45, 2.75) is 0 Å². The highest BCUT2D eigenvalue weighted by atomic mass is 79.9. The van der Waals surface area contributed by atoms with Gasteiger partial charge in [-0.3, -0.25) is 4.79 Å². The molecular weight excluding hydrogens is 438 g/mol. The summed E-state index contributed by atoms with van der Waals surface area (Å²) in [5.74, 6) is -0.384. The standard InChI is InChI=1S/C17H11Br2N3O2/c18-12-7-11(16(23)13(19)8-12)9-20-22-17(24)15-6-5-10-3-1-2-4-14(10)21-15/h1-9,23H,(H,22,24)/b20-9-. The Morgan fingerprint density at radius 1 is 1.17 bits per heavy atom. The molecule has 0 aliphatic heterocycles. The molecule has 3 rings (SSSR count). The summed E-state index contributed by atoms with van der Waals surface area (Å²) < 4.78 is 1.30. The van der Waals surface area contributed by atoms with Crippen LogP contribution in [0.25, 0.3) is 10.9 Å². The van der Waals surface area contributed by atoms with Gasteiger partial charge in [0, 0.05) is 15.4 Å². The van der Waals surface area contributed by atoms with Crippen molar-refractivity contribution < 1.29 is 9.90 Å². The SMILES string of the molecule is O=C(N/N=C\c1cc(Br)cc(Br)c1O)c1ccc2ccccc2n1. The number of nitrogens with one attached hydrogen (secondary N) is 1. The number of phenols is 1. The lowest BCUT2D eigenvalue weighted by Gasteiger charge is -2.04. The number of nitrogens with zero attached hydrogens (tertiary/aromatic N) is 2. The van der Waals surface area contributed by atoms with Crippen LogP contribution in [0.4, 0.5) is 0 Å². The molecule has 0 aliphatic rings. The molecule has 3 aromatic rings. The van der Waals surface area contributed by atoms with Gasteiger partial charge in [0.1, 0.15) is 11.4 Å². The number of carbonyl (C=O) groups excluding carboxylic acids is 1. The Balaban J connectivity index is 1.77. The number of rotatable bonds is 3. The molecule has 0 saturated heterocycles. The number of hydrogen-bond donors (Lipinski definition) is 2. The van der Waals surface area contributed by atoms with Crippen molar-refractivity contribution in [3.05, 3.63) is 68.7 Å². The van der Waals surface area contributed by atoms with Crippen molar-refractivity contribution in [2.24, 2.45) is 5.10 Å². The Labute approximate surface area is 154 Å². The molecule has 2 N–H and O–H groups in total. The third-order valence-electron chi connectivity index (χ3n) is 3.26. The number of hydrazone groups is 1. The van der Waals surface area contributed by atoms with E-state index in [0.717, 1.165) is 15.4 Å². The number of hydrogen-bond acceptors (Lipinski definition) is 4. The van der Waals surface area contributed by atoms with Gasteiger partial charge in [0.25, 0.3) is 5.91 Å². The number of carbonyl (C=O) groups is 1. The van der Waals surface area contributed by atoms with Gasteiger partial charge in [0.2, 0.25) is 0 Å². The number of fused-ring (bicyclic) bond motifs is 1. The van der Waals surface area contributed by atoms with Crippen molar-refractivity contribution in [1.82, 2.24) is 10.4 Å². The topological polar surface area (TPSA) is 74.6 Å². The largest absolute Gasteiger partial charge is 0.506 e. The molecule has 0 atom stereocenters. The van der Waals surface area contributed by atoms with E-state index in [2.05, 4.69) is 47.4 Å². The highest BCUT2D eigenvalue weighted by Crippen LogP contribution is 2.30. The normalized spacial score (nSPS) is 11.1. The monoisotopic (exact) mass is 447 g/mol. The van der Waals surface area contributed by atoms with Crippen molar-refractivity contribution in [1.29, 1.82) is 0 Å². The third-order valence-corrected chi connectivity index (χ3v) is 4.32.